The number of nitrogen functional groups attached to an aromatic ring is 1. The third-order valence-electron chi connectivity index (χ3n) is 4.03. The molecule has 1 aromatic carbocycles. The summed E-state index contributed by atoms with van der Waals surface area (Å²) in [7, 11) is 0. The quantitative estimate of drug-likeness (QED) is 0.480. The number of rotatable bonds is 6. The van der Waals surface area contributed by atoms with E-state index in [9.17, 15) is 10.1 Å². The van der Waals surface area contributed by atoms with Crippen molar-refractivity contribution in [3.63, 3.8) is 0 Å². The Bertz CT molecular complexity index is 1030. The van der Waals surface area contributed by atoms with Crippen LogP contribution in [0, 0.1) is 11.3 Å². The molecular formula is C19H20N4O2S2. The molecule has 0 radical (unpaired) electrons. The maximum atomic E-state index is 12.3. The second-order valence-electron chi connectivity index (χ2n) is 6.12. The van der Waals surface area contributed by atoms with Crippen LogP contribution >= 0.6 is 23.1 Å². The summed E-state index contributed by atoms with van der Waals surface area (Å²) >= 11 is 2.60. The number of thiophene rings is 1. The van der Waals surface area contributed by atoms with Crippen molar-refractivity contribution in [2.45, 2.75) is 37.7 Å². The number of esters is 1. The van der Waals surface area contributed by atoms with E-state index in [4.69, 9.17) is 15.5 Å². The molecule has 6 nitrogen and oxygen atoms in total. The second kappa shape index (κ2) is 8.03. The third kappa shape index (κ3) is 3.66. The highest BCUT2D eigenvalue weighted by Crippen LogP contribution is 2.37. The Balaban J connectivity index is 1.98. The second-order valence-corrected chi connectivity index (χ2v) is 8.11. The molecule has 0 amide bonds. The Hall–Kier alpha value is -2.50. The Labute approximate surface area is 165 Å². The predicted molar refractivity (Wildman–Crippen MR) is 109 cm³/mol. The van der Waals surface area contributed by atoms with E-state index < -0.39 is 5.97 Å². The number of thioether (sulfide) groups is 1. The van der Waals surface area contributed by atoms with Crippen LogP contribution in [-0.4, -0.2) is 22.1 Å². The number of nitrogens with zero attached hydrogens (tertiary/aromatic N) is 3. The van der Waals surface area contributed by atoms with Gasteiger partial charge in [-0.15, -0.1) is 11.3 Å². The fraction of sp³-hybridized carbons (Fsp3) is 0.316. The van der Waals surface area contributed by atoms with Gasteiger partial charge >= 0.3 is 5.97 Å². The topological polar surface area (TPSA) is 93.9 Å². The zero-order chi connectivity index (χ0) is 19.6. The van der Waals surface area contributed by atoms with Crippen LogP contribution < -0.4 is 5.73 Å². The highest BCUT2D eigenvalue weighted by molar-refractivity contribution is 7.98. The maximum absolute atomic E-state index is 12.3. The smallest absolute Gasteiger partial charge is 0.348 e. The lowest BCUT2D eigenvalue weighted by Gasteiger charge is -2.12. The number of nitriles is 1. The van der Waals surface area contributed by atoms with Crippen LogP contribution in [0.2, 0.25) is 0 Å². The molecule has 0 aliphatic carbocycles. The van der Waals surface area contributed by atoms with Crippen molar-refractivity contribution in [3.8, 4) is 6.07 Å². The van der Waals surface area contributed by atoms with Gasteiger partial charge in [-0.05, 0) is 32.9 Å². The van der Waals surface area contributed by atoms with E-state index in [2.05, 4.69) is 24.5 Å². The monoisotopic (exact) mass is 400 g/mol. The minimum absolute atomic E-state index is 0.229. The number of fused-ring (bicyclic) bond motifs is 1. The average Bonchev–Trinajstić information content (AvgIpc) is 3.16. The summed E-state index contributed by atoms with van der Waals surface area (Å²) in [6.07, 6.45) is 0. The molecule has 0 saturated carbocycles. The summed E-state index contributed by atoms with van der Waals surface area (Å²) in [6.45, 7) is 6.23. The van der Waals surface area contributed by atoms with Gasteiger partial charge in [0, 0.05) is 17.4 Å². The number of nitrogens with two attached hydrogens (primary N) is 1. The molecule has 0 saturated heterocycles. The van der Waals surface area contributed by atoms with Gasteiger partial charge in [0.05, 0.1) is 23.2 Å². The molecule has 27 heavy (non-hydrogen) atoms. The van der Waals surface area contributed by atoms with Crippen molar-refractivity contribution < 1.29 is 9.53 Å². The largest absolute Gasteiger partial charge is 0.462 e. The molecular weight excluding hydrogens is 380 g/mol. The van der Waals surface area contributed by atoms with Crippen molar-refractivity contribution in [1.82, 2.24) is 9.55 Å². The van der Waals surface area contributed by atoms with Crippen molar-refractivity contribution in [2.75, 3.05) is 12.3 Å². The number of ether oxygens (including phenoxy) is 1. The van der Waals surface area contributed by atoms with E-state index in [-0.39, 0.29) is 12.6 Å². The lowest BCUT2D eigenvalue weighted by molar-refractivity contribution is 0.0531. The molecule has 2 heterocycles. The number of carbonyl (C=O) groups excluding carboxylic acids is 1. The van der Waals surface area contributed by atoms with Crippen LogP contribution in [-0.2, 0) is 10.5 Å². The van der Waals surface area contributed by atoms with Gasteiger partial charge in [0.25, 0.3) is 0 Å². The molecule has 0 unspecified atom stereocenters. The van der Waals surface area contributed by atoms with E-state index in [0.717, 1.165) is 27.5 Å². The van der Waals surface area contributed by atoms with E-state index in [1.165, 1.54) is 11.8 Å². The lowest BCUT2D eigenvalue weighted by Crippen LogP contribution is -2.06. The van der Waals surface area contributed by atoms with Crippen molar-refractivity contribution in [2.24, 2.45) is 0 Å². The molecule has 2 aromatic heterocycles. The number of para-hydroxylation sites is 2. The Morgan fingerprint density at radius 2 is 2.19 bits per heavy atom. The molecule has 0 spiro atoms. The fourth-order valence-electron chi connectivity index (χ4n) is 2.87. The maximum Gasteiger partial charge on any atom is 0.348 e. The summed E-state index contributed by atoms with van der Waals surface area (Å²) in [5, 5.41) is 10.7. The van der Waals surface area contributed by atoms with Crippen LogP contribution in [0.15, 0.2) is 29.4 Å². The average molecular weight is 401 g/mol. The molecule has 0 aliphatic rings. The van der Waals surface area contributed by atoms with Gasteiger partial charge < -0.3 is 15.0 Å². The Kier molecular flexibility index (Phi) is 5.73. The number of aromatic nitrogens is 2. The van der Waals surface area contributed by atoms with E-state index in [1.54, 1.807) is 6.92 Å². The summed E-state index contributed by atoms with van der Waals surface area (Å²) < 4.78 is 7.28. The van der Waals surface area contributed by atoms with E-state index >= 15 is 0 Å². The molecule has 2 N–H and O–H groups in total. The predicted octanol–water partition coefficient (Wildman–Crippen LogP) is 4.60. The minimum Gasteiger partial charge on any atom is -0.462 e. The van der Waals surface area contributed by atoms with Gasteiger partial charge in [0.15, 0.2) is 5.16 Å². The van der Waals surface area contributed by atoms with Crippen LogP contribution in [0.25, 0.3) is 11.0 Å². The highest BCUT2D eigenvalue weighted by Gasteiger charge is 2.24. The SMILES string of the molecule is CCOC(=O)c1sc(N)c(C#N)c1CSc1nc2ccccc2n1C(C)C. The molecule has 0 aliphatic heterocycles. The van der Waals surface area contributed by atoms with E-state index in [0.29, 0.717) is 26.8 Å². The summed E-state index contributed by atoms with van der Waals surface area (Å²) in [5.41, 5.74) is 8.90. The van der Waals surface area contributed by atoms with E-state index in [1.807, 2.05) is 24.3 Å². The van der Waals surface area contributed by atoms with Gasteiger partial charge in [-0.2, -0.15) is 5.26 Å². The van der Waals surface area contributed by atoms with Gasteiger partial charge in [0.2, 0.25) is 0 Å². The standard InChI is InChI=1S/C19H20N4O2S2/c1-4-25-18(24)16-13(12(9-20)17(21)27-16)10-26-19-22-14-7-5-6-8-15(14)23(19)11(2)3/h5-8,11H,4,10,21H2,1-3H3. The first-order valence-corrected chi connectivity index (χ1v) is 10.4. The molecule has 3 rings (SSSR count). The number of hydrogen-bond donors (Lipinski definition) is 1. The van der Waals surface area contributed by atoms with Crippen LogP contribution in [0.4, 0.5) is 5.00 Å². The highest BCUT2D eigenvalue weighted by atomic mass is 32.2. The number of imidazole rings is 1. The minimum atomic E-state index is -0.441. The fourth-order valence-corrected chi connectivity index (χ4v) is 5.06. The number of anilines is 1. The molecule has 0 bridgehead atoms. The van der Waals surface area contributed by atoms with Crippen molar-refractivity contribution >= 4 is 45.1 Å². The first kappa shape index (κ1) is 19.3. The molecule has 0 fully saturated rings. The van der Waals surface area contributed by atoms with Crippen LogP contribution in [0.5, 0.6) is 0 Å². The number of hydrogen-bond acceptors (Lipinski definition) is 7. The van der Waals surface area contributed by atoms with Gasteiger partial charge in [-0.3, -0.25) is 0 Å². The summed E-state index contributed by atoms with van der Waals surface area (Å²) in [5.74, 6) is -0.0236. The zero-order valence-corrected chi connectivity index (χ0v) is 17.0. The van der Waals surface area contributed by atoms with Gasteiger partial charge in [-0.25, -0.2) is 9.78 Å². The molecule has 8 heteroatoms. The Morgan fingerprint density at radius 3 is 2.85 bits per heavy atom. The normalized spacial score (nSPS) is 11.1. The van der Waals surface area contributed by atoms with Crippen LogP contribution in [0.3, 0.4) is 0 Å². The summed E-state index contributed by atoms with van der Waals surface area (Å²) in [4.78, 5) is 17.4. The number of carbonyl (C=O) groups is 1. The van der Waals surface area contributed by atoms with Crippen molar-refractivity contribution in [3.05, 3.63) is 40.3 Å². The summed E-state index contributed by atoms with van der Waals surface area (Å²) in [6, 6.07) is 10.3. The number of benzene rings is 1. The molecule has 0 atom stereocenters. The van der Waals surface area contributed by atoms with Gasteiger partial charge in [0.1, 0.15) is 15.9 Å². The zero-order valence-electron chi connectivity index (χ0n) is 15.4. The van der Waals surface area contributed by atoms with Crippen LogP contribution in [0.1, 0.15) is 47.6 Å². The lowest BCUT2D eigenvalue weighted by atomic mass is 10.2. The first-order chi connectivity index (χ1) is 13.0. The molecule has 3 aromatic rings. The third-order valence-corrected chi connectivity index (χ3v) is 6.05. The Morgan fingerprint density at radius 1 is 1.44 bits per heavy atom. The first-order valence-electron chi connectivity index (χ1n) is 8.56. The van der Waals surface area contributed by atoms with Crippen molar-refractivity contribution in [1.29, 1.82) is 5.26 Å². The molecule has 140 valence electrons. The van der Waals surface area contributed by atoms with Gasteiger partial charge in [-0.1, -0.05) is 23.9 Å².